The van der Waals surface area contributed by atoms with E-state index in [4.69, 9.17) is 5.73 Å². The van der Waals surface area contributed by atoms with Crippen molar-refractivity contribution in [3.8, 4) is 0 Å². The van der Waals surface area contributed by atoms with Gasteiger partial charge in [-0.3, -0.25) is 4.79 Å². The van der Waals surface area contributed by atoms with Crippen LogP contribution in [0.3, 0.4) is 0 Å². The molecule has 0 fully saturated rings. The lowest BCUT2D eigenvalue weighted by Crippen LogP contribution is -2.32. The topological polar surface area (TPSA) is 55.1 Å². The summed E-state index contributed by atoms with van der Waals surface area (Å²) in [5.74, 6) is 0.0499. The predicted molar refractivity (Wildman–Crippen MR) is 46.2 cm³/mol. The fourth-order valence-electron chi connectivity index (χ4n) is 1.03. The second-order valence-electron chi connectivity index (χ2n) is 2.74. The fourth-order valence-corrected chi connectivity index (χ4v) is 1.03. The third kappa shape index (κ3) is 5.85. The molecule has 0 radical (unpaired) electrons. The molecule has 1 unspecified atom stereocenters. The summed E-state index contributed by atoms with van der Waals surface area (Å²) in [5.41, 5.74) is 5.35. The zero-order chi connectivity index (χ0) is 8.69. The molecule has 1 amide bonds. The molecule has 0 bridgehead atoms. The van der Waals surface area contributed by atoms with Gasteiger partial charge in [-0.15, -0.1) is 0 Å². The zero-order valence-corrected chi connectivity index (χ0v) is 7.39. The van der Waals surface area contributed by atoms with Crippen LogP contribution in [0.4, 0.5) is 0 Å². The van der Waals surface area contributed by atoms with E-state index in [0.29, 0.717) is 12.6 Å². The number of carbonyl (C=O) groups excluding carboxylic acids is 1. The van der Waals surface area contributed by atoms with Crippen molar-refractivity contribution in [3.63, 3.8) is 0 Å². The summed E-state index contributed by atoms with van der Waals surface area (Å²) in [5, 5.41) is 2.87. The van der Waals surface area contributed by atoms with Crippen LogP contribution >= 0.6 is 0 Å². The number of hydrogen-bond acceptors (Lipinski definition) is 2. The Hall–Kier alpha value is -0.570. The van der Waals surface area contributed by atoms with Crippen molar-refractivity contribution in [2.45, 2.75) is 39.2 Å². The third-order valence-electron chi connectivity index (χ3n) is 1.66. The minimum absolute atomic E-state index is 0.0499. The lowest BCUT2D eigenvalue weighted by molar-refractivity contribution is -0.119. The minimum Gasteiger partial charge on any atom is -0.354 e. The first-order valence-electron chi connectivity index (χ1n) is 4.17. The SMILES string of the molecule is CCC(CCCN)NC(C)=O. The summed E-state index contributed by atoms with van der Waals surface area (Å²) in [4.78, 5) is 10.6. The van der Waals surface area contributed by atoms with Gasteiger partial charge in [0.2, 0.25) is 5.91 Å². The molecule has 0 aliphatic heterocycles. The summed E-state index contributed by atoms with van der Waals surface area (Å²) in [7, 11) is 0. The van der Waals surface area contributed by atoms with E-state index in [1.807, 2.05) is 0 Å². The molecular formula is C8H18N2O. The number of rotatable bonds is 5. The largest absolute Gasteiger partial charge is 0.354 e. The lowest BCUT2D eigenvalue weighted by atomic mass is 10.1. The Kier molecular flexibility index (Phi) is 5.84. The highest BCUT2D eigenvalue weighted by Gasteiger charge is 2.05. The quantitative estimate of drug-likeness (QED) is 0.617. The van der Waals surface area contributed by atoms with Crippen molar-refractivity contribution in [2.75, 3.05) is 6.54 Å². The average Bonchev–Trinajstić information content (AvgIpc) is 1.97. The van der Waals surface area contributed by atoms with Gasteiger partial charge in [0.1, 0.15) is 0 Å². The van der Waals surface area contributed by atoms with Crippen molar-refractivity contribution in [2.24, 2.45) is 5.73 Å². The van der Waals surface area contributed by atoms with Crippen molar-refractivity contribution in [1.82, 2.24) is 5.32 Å². The van der Waals surface area contributed by atoms with Crippen LogP contribution < -0.4 is 11.1 Å². The molecule has 0 saturated heterocycles. The van der Waals surface area contributed by atoms with E-state index in [9.17, 15) is 4.79 Å². The Bertz CT molecular complexity index is 115. The Morgan fingerprint density at radius 1 is 1.64 bits per heavy atom. The number of hydrogen-bond donors (Lipinski definition) is 2. The van der Waals surface area contributed by atoms with Crippen LogP contribution in [0.5, 0.6) is 0 Å². The van der Waals surface area contributed by atoms with Crippen LogP contribution in [0.2, 0.25) is 0 Å². The molecule has 0 aromatic heterocycles. The number of carbonyl (C=O) groups is 1. The molecule has 0 aliphatic rings. The van der Waals surface area contributed by atoms with Crippen LogP contribution in [0.25, 0.3) is 0 Å². The van der Waals surface area contributed by atoms with Crippen molar-refractivity contribution >= 4 is 5.91 Å². The Labute approximate surface area is 68.3 Å². The standard InChI is InChI=1S/C8H18N2O/c1-3-8(5-4-6-9)10-7(2)11/h8H,3-6,9H2,1-2H3,(H,10,11). The minimum atomic E-state index is 0.0499. The zero-order valence-electron chi connectivity index (χ0n) is 7.39. The summed E-state index contributed by atoms with van der Waals surface area (Å²) in [6, 6.07) is 0.316. The molecule has 0 heterocycles. The van der Waals surface area contributed by atoms with Crippen LogP contribution in [-0.2, 0) is 4.79 Å². The van der Waals surface area contributed by atoms with Gasteiger partial charge in [-0.25, -0.2) is 0 Å². The van der Waals surface area contributed by atoms with E-state index in [1.165, 1.54) is 0 Å². The summed E-state index contributed by atoms with van der Waals surface area (Å²) in [6.45, 7) is 4.32. The summed E-state index contributed by atoms with van der Waals surface area (Å²) in [6.07, 6.45) is 2.96. The summed E-state index contributed by atoms with van der Waals surface area (Å²) < 4.78 is 0. The Morgan fingerprint density at radius 3 is 2.64 bits per heavy atom. The predicted octanol–water partition coefficient (Wildman–Crippen LogP) is 0.640. The molecule has 0 aromatic carbocycles. The molecule has 3 N–H and O–H groups in total. The number of amides is 1. The maximum absolute atomic E-state index is 10.6. The molecule has 0 rings (SSSR count). The molecule has 0 spiro atoms. The van der Waals surface area contributed by atoms with E-state index in [1.54, 1.807) is 6.92 Å². The fraction of sp³-hybridized carbons (Fsp3) is 0.875. The first-order chi connectivity index (χ1) is 5.20. The van der Waals surface area contributed by atoms with Gasteiger partial charge in [0, 0.05) is 13.0 Å². The second kappa shape index (κ2) is 6.16. The van der Waals surface area contributed by atoms with Gasteiger partial charge in [-0.05, 0) is 25.8 Å². The van der Waals surface area contributed by atoms with Crippen molar-refractivity contribution in [1.29, 1.82) is 0 Å². The van der Waals surface area contributed by atoms with Crippen molar-refractivity contribution in [3.05, 3.63) is 0 Å². The molecule has 0 aliphatic carbocycles. The smallest absolute Gasteiger partial charge is 0.217 e. The van der Waals surface area contributed by atoms with E-state index in [-0.39, 0.29) is 5.91 Å². The van der Waals surface area contributed by atoms with E-state index in [2.05, 4.69) is 12.2 Å². The highest BCUT2D eigenvalue weighted by molar-refractivity contribution is 5.73. The maximum atomic E-state index is 10.6. The molecule has 3 heteroatoms. The van der Waals surface area contributed by atoms with Crippen LogP contribution in [0, 0.1) is 0 Å². The van der Waals surface area contributed by atoms with Gasteiger partial charge >= 0.3 is 0 Å². The van der Waals surface area contributed by atoms with Crippen LogP contribution in [0.1, 0.15) is 33.1 Å². The molecule has 0 saturated carbocycles. The first kappa shape index (κ1) is 10.4. The molecular weight excluding hydrogens is 140 g/mol. The monoisotopic (exact) mass is 158 g/mol. The summed E-state index contributed by atoms with van der Waals surface area (Å²) >= 11 is 0. The van der Waals surface area contributed by atoms with Gasteiger partial charge < -0.3 is 11.1 Å². The molecule has 3 nitrogen and oxygen atoms in total. The molecule has 11 heavy (non-hydrogen) atoms. The lowest BCUT2D eigenvalue weighted by Gasteiger charge is -2.14. The normalized spacial score (nSPS) is 12.6. The van der Waals surface area contributed by atoms with Crippen LogP contribution in [0.15, 0.2) is 0 Å². The highest BCUT2D eigenvalue weighted by Crippen LogP contribution is 1.99. The molecule has 66 valence electrons. The van der Waals surface area contributed by atoms with E-state index in [0.717, 1.165) is 19.3 Å². The van der Waals surface area contributed by atoms with Gasteiger partial charge in [0.05, 0.1) is 0 Å². The van der Waals surface area contributed by atoms with Gasteiger partial charge in [-0.2, -0.15) is 0 Å². The molecule has 1 atom stereocenters. The Morgan fingerprint density at radius 2 is 2.27 bits per heavy atom. The molecule has 0 aromatic rings. The van der Waals surface area contributed by atoms with Gasteiger partial charge in [0.15, 0.2) is 0 Å². The van der Waals surface area contributed by atoms with Gasteiger partial charge in [0.25, 0.3) is 0 Å². The van der Waals surface area contributed by atoms with Crippen molar-refractivity contribution < 1.29 is 4.79 Å². The number of nitrogens with two attached hydrogens (primary N) is 1. The van der Waals surface area contributed by atoms with Crippen LogP contribution in [-0.4, -0.2) is 18.5 Å². The first-order valence-corrected chi connectivity index (χ1v) is 4.17. The number of nitrogens with one attached hydrogen (secondary N) is 1. The average molecular weight is 158 g/mol. The highest BCUT2D eigenvalue weighted by atomic mass is 16.1. The van der Waals surface area contributed by atoms with E-state index < -0.39 is 0 Å². The third-order valence-corrected chi connectivity index (χ3v) is 1.66. The maximum Gasteiger partial charge on any atom is 0.217 e. The Balaban J connectivity index is 3.49. The second-order valence-corrected chi connectivity index (χ2v) is 2.74. The van der Waals surface area contributed by atoms with E-state index >= 15 is 0 Å². The van der Waals surface area contributed by atoms with Gasteiger partial charge in [-0.1, -0.05) is 6.92 Å².